The van der Waals surface area contributed by atoms with E-state index in [4.69, 9.17) is 13.6 Å². The van der Waals surface area contributed by atoms with E-state index in [1.54, 1.807) is 49.6 Å². The summed E-state index contributed by atoms with van der Waals surface area (Å²) in [6.07, 6.45) is 1.55. The summed E-state index contributed by atoms with van der Waals surface area (Å²) in [5.41, 5.74) is 3.39. The zero-order chi connectivity index (χ0) is 22.2. The first-order valence-electron chi connectivity index (χ1n) is 9.71. The van der Waals surface area contributed by atoms with Gasteiger partial charge in [0.15, 0.2) is 16.9 Å². The summed E-state index contributed by atoms with van der Waals surface area (Å²) in [5, 5.41) is 18.8. The SMILES string of the molecule is COc1ccc(-c2cc3oc(/C=C4\C(=O)c5ccccc5C4=C(C#N)C#N)cc3o2)cc1. The van der Waals surface area contributed by atoms with Crippen molar-refractivity contribution in [1.82, 2.24) is 0 Å². The third-order valence-corrected chi connectivity index (χ3v) is 5.32. The Morgan fingerprint density at radius 2 is 1.62 bits per heavy atom. The van der Waals surface area contributed by atoms with Crippen LogP contribution in [0.2, 0.25) is 0 Å². The van der Waals surface area contributed by atoms with E-state index in [0.717, 1.165) is 11.3 Å². The number of Topliss-reactive ketones (excluding diaryl/α,β-unsaturated/α-hetero) is 1. The minimum atomic E-state index is -0.259. The van der Waals surface area contributed by atoms with Gasteiger partial charge in [0.2, 0.25) is 0 Å². The van der Waals surface area contributed by atoms with Gasteiger partial charge in [-0.3, -0.25) is 4.79 Å². The second-order valence-corrected chi connectivity index (χ2v) is 7.12. The molecule has 0 atom stereocenters. The van der Waals surface area contributed by atoms with Crippen molar-refractivity contribution in [3.63, 3.8) is 0 Å². The van der Waals surface area contributed by atoms with Crippen LogP contribution >= 0.6 is 0 Å². The van der Waals surface area contributed by atoms with Gasteiger partial charge in [0.25, 0.3) is 0 Å². The molecule has 5 rings (SSSR count). The van der Waals surface area contributed by atoms with Crippen molar-refractivity contribution in [3.8, 4) is 29.2 Å². The molecule has 0 bridgehead atoms. The van der Waals surface area contributed by atoms with E-state index in [0.29, 0.717) is 39.4 Å². The average molecular weight is 418 g/mol. The molecule has 6 heteroatoms. The van der Waals surface area contributed by atoms with Crippen LogP contribution in [0.1, 0.15) is 21.7 Å². The van der Waals surface area contributed by atoms with Crippen LogP contribution in [0.25, 0.3) is 34.1 Å². The lowest BCUT2D eigenvalue weighted by atomic mass is 9.99. The highest BCUT2D eigenvalue weighted by Crippen LogP contribution is 2.40. The lowest BCUT2D eigenvalue weighted by Gasteiger charge is -2.01. The summed E-state index contributed by atoms with van der Waals surface area (Å²) in [7, 11) is 1.61. The number of allylic oxidation sites excluding steroid dienone is 3. The number of furan rings is 2. The molecule has 0 N–H and O–H groups in total. The number of methoxy groups -OCH3 is 1. The molecule has 4 aromatic rings. The molecule has 0 amide bonds. The van der Waals surface area contributed by atoms with Gasteiger partial charge in [-0.25, -0.2) is 0 Å². The molecule has 0 spiro atoms. The number of hydrogen-bond acceptors (Lipinski definition) is 6. The molecule has 6 nitrogen and oxygen atoms in total. The molecule has 0 fully saturated rings. The lowest BCUT2D eigenvalue weighted by Crippen LogP contribution is -1.95. The standard InChI is InChI=1S/C26H14N2O4/c1-30-17-8-6-15(7-9-17)22-12-24-23(32-22)11-18(31-24)10-21-25(16(13-27)14-28)19-4-2-3-5-20(19)26(21)29/h2-12H,1H3/b21-10-. The molecular formula is C26H14N2O4. The maximum absolute atomic E-state index is 13.0. The molecule has 1 aliphatic rings. The molecule has 32 heavy (non-hydrogen) atoms. The van der Waals surface area contributed by atoms with E-state index < -0.39 is 0 Å². The highest BCUT2D eigenvalue weighted by molar-refractivity contribution is 6.29. The van der Waals surface area contributed by atoms with E-state index in [1.165, 1.54) is 0 Å². The first-order chi connectivity index (χ1) is 15.6. The summed E-state index contributed by atoms with van der Waals surface area (Å²) < 4.78 is 17.0. The van der Waals surface area contributed by atoms with Crippen LogP contribution in [0.3, 0.4) is 0 Å². The molecular weight excluding hydrogens is 404 g/mol. The monoisotopic (exact) mass is 418 g/mol. The number of benzene rings is 2. The van der Waals surface area contributed by atoms with Crippen molar-refractivity contribution in [2.45, 2.75) is 0 Å². The Kier molecular flexibility index (Phi) is 4.47. The first kappa shape index (κ1) is 19.2. The third kappa shape index (κ3) is 2.99. The van der Waals surface area contributed by atoms with Gasteiger partial charge in [-0.15, -0.1) is 0 Å². The number of hydrogen-bond donors (Lipinski definition) is 0. The predicted molar refractivity (Wildman–Crippen MR) is 117 cm³/mol. The number of carbonyl (C=O) groups is 1. The second-order valence-electron chi connectivity index (χ2n) is 7.12. The number of ether oxygens (including phenoxy) is 1. The quantitative estimate of drug-likeness (QED) is 0.309. The highest BCUT2D eigenvalue weighted by atomic mass is 16.5. The van der Waals surface area contributed by atoms with Gasteiger partial charge in [0, 0.05) is 34.4 Å². The molecule has 2 aromatic carbocycles. The minimum absolute atomic E-state index is 0.119. The number of nitrogens with zero attached hydrogens (tertiary/aromatic N) is 2. The van der Waals surface area contributed by atoms with Gasteiger partial charge in [0.1, 0.15) is 35.0 Å². The molecule has 2 heterocycles. The first-order valence-corrected chi connectivity index (χ1v) is 9.71. The zero-order valence-electron chi connectivity index (χ0n) is 16.9. The minimum Gasteiger partial charge on any atom is -0.497 e. The average Bonchev–Trinajstić information content (AvgIpc) is 3.47. The Morgan fingerprint density at radius 1 is 0.938 bits per heavy atom. The lowest BCUT2D eigenvalue weighted by molar-refractivity contribution is 0.104. The maximum atomic E-state index is 13.0. The van der Waals surface area contributed by atoms with Crippen molar-refractivity contribution in [2.24, 2.45) is 0 Å². The molecule has 0 saturated carbocycles. The van der Waals surface area contributed by atoms with E-state index in [2.05, 4.69) is 0 Å². The van der Waals surface area contributed by atoms with Crippen molar-refractivity contribution in [1.29, 1.82) is 10.5 Å². The van der Waals surface area contributed by atoms with Gasteiger partial charge in [-0.1, -0.05) is 24.3 Å². The van der Waals surface area contributed by atoms with E-state index in [1.807, 2.05) is 36.4 Å². The summed E-state index contributed by atoms with van der Waals surface area (Å²) in [4.78, 5) is 13.0. The van der Waals surface area contributed by atoms with Crippen LogP contribution in [0, 0.1) is 22.7 Å². The Bertz CT molecular complexity index is 1490. The number of ketones is 1. The Morgan fingerprint density at radius 3 is 2.28 bits per heavy atom. The largest absolute Gasteiger partial charge is 0.497 e. The van der Waals surface area contributed by atoms with Gasteiger partial charge in [-0.05, 0) is 35.9 Å². The van der Waals surface area contributed by atoms with Crippen molar-refractivity contribution in [3.05, 3.63) is 88.7 Å². The van der Waals surface area contributed by atoms with E-state index in [9.17, 15) is 15.3 Å². The van der Waals surface area contributed by atoms with Crippen LogP contribution < -0.4 is 4.74 Å². The molecule has 0 saturated heterocycles. The van der Waals surface area contributed by atoms with E-state index in [-0.39, 0.29) is 16.9 Å². The molecule has 152 valence electrons. The normalized spacial score (nSPS) is 13.8. The van der Waals surface area contributed by atoms with Gasteiger partial charge < -0.3 is 13.6 Å². The van der Waals surface area contributed by atoms with Crippen LogP contribution in [0.15, 0.2) is 80.6 Å². The molecule has 0 unspecified atom stereocenters. The third-order valence-electron chi connectivity index (χ3n) is 5.32. The Balaban J connectivity index is 1.57. The zero-order valence-corrected chi connectivity index (χ0v) is 16.9. The number of nitriles is 2. The molecule has 2 aromatic heterocycles. The summed E-state index contributed by atoms with van der Waals surface area (Å²) >= 11 is 0. The van der Waals surface area contributed by atoms with Crippen LogP contribution in [0.5, 0.6) is 5.75 Å². The smallest absolute Gasteiger partial charge is 0.194 e. The van der Waals surface area contributed by atoms with Crippen molar-refractivity contribution < 1.29 is 18.4 Å². The summed E-state index contributed by atoms with van der Waals surface area (Å²) in [5.74, 6) is 1.52. The van der Waals surface area contributed by atoms with Gasteiger partial charge >= 0.3 is 0 Å². The molecule has 0 aliphatic heterocycles. The number of carbonyl (C=O) groups excluding carboxylic acids is 1. The summed E-state index contributed by atoms with van der Waals surface area (Å²) in [6.45, 7) is 0. The molecule has 0 radical (unpaired) electrons. The fraction of sp³-hybridized carbons (Fsp3) is 0.0385. The van der Waals surface area contributed by atoms with Crippen molar-refractivity contribution >= 4 is 28.6 Å². The Hall–Kier alpha value is -4.81. The van der Waals surface area contributed by atoms with Crippen molar-refractivity contribution in [2.75, 3.05) is 7.11 Å². The van der Waals surface area contributed by atoms with Gasteiger partial charge in [-0.2, -0.15) is 10.5 Å². The predicted octanol–water partition coefficient (Wildman–Crippen LogP) is 5.78. The van der Waals surface area contributed by atoms with Crippen LogP contribution in [-0.4, -0.2) is 12.9 Å². The number of rotatable bonds is 3. The van der Waals surface area contributed by atoms with Crippen LogP contribution in [-0.2, 0) is 0 Å². The Labute approximate surface area is 182 Å². The fourth-order valence-electron chi connectivity index (χ4n) is 3.81. The maximum Gasteiger partial charge on any atom is 0.194 e. The van der Waals surface area contributed by atoms with E-state index >= 15 is 0 Å². The molecule has 1 aliphatic carbocycles. The highest BCUT2D eigenvalue weighted by Gasteiger charge is 2.32. The van der Waals surface area contributed by atoms with Crippen LogP contribution in [0.4, 0.5) is 0 Å². The fourth-order valence-corrected chi connectivity index (χ4v) is 3.81. The number of fused-ring (bicyclic) bond motifs is 2. The summed E-state index contributed by atoms with van der Waals surface area (Å²) in [6, 6.07) is 21.6. The second kappa shape index (κ2) is 7.46. The topological polar surface area (TPSA) is 100 Å². The van der Waals surface area contributed by atoms with Gasteiger partial charge in [0.05, 0.1) is 7.11 Å².